The van der Waals surface area contributed by atoms with Crippen LogP contribution in [0.1, 0.15) is 32.6 Å². The molecule has 0 radical (unpaired) electrons. The summed E-state index contributed by atoms with van der Waals surface area (Å²) in [5.41, 5.74) is 7.59. The van der Waals surface area contributed by atoms with Crippen LogP contribution >= 0.6 is 22.6 Å². The Morgan fingerprint density at radius 3 is 1.86 bits per heavy atom. The van der Waals surface area contributed by atoms with Gasteiger partial charge in [-0.25, -0.2) is 0 Å². The van der Waals surface area contributed by atoms with Crippen molar-refractivity contribution in [1.29, 1.82) is 0 Å². The van der Waals surface area contributed by atoms with Crippen LogP contribution in [0.3, 0.4) is 0 Å². The first-order valence-electron chi connectivity index (χ1n) is 14.4. The number of ketones is 1. The Labute approximate surface area is 264 Å². The Bertz CT molecular complexity index is 1930. The lowest BCUT2D eigenvalue weighted by molar-refractivity contribution is -0.117. The van der Waals surface area contributed by atoms with E-state index >= 15 is 0 Å². The molecule has 0 unspecified atom stereocenters. The Kier molecular flexibility index (Phi) is 7.51. The van der Waals surface area contributed by atoms with Gasteiger partial charge in [0, 0.05) is 28.6 Å². The summed E-state index contributed by atoms with van der Waals surface area (Å²) in [6, 6.07) is 40.8. The molecule has 210 valence electrons. The maximum atomic E-state index is 13.6. The third kappa shape index (κ3) is 5.35. The van der Waals surface area contributed by atoms with E-state index in [2.05, 4.69) is 106 Å². The van der Waals surface area contributed by atoms with Crippen molar-refractivity contribution in [2.24, 2.45) is 0 Å². The summed E-state index contributed by atoms with van der Waals surface area (Å²) in [7, 11) is 0. The highest BCUT2D eigenvalue weighted by Gasteiger charge is 2.25. The number of carbonyl (C=O) groups is 2. The standard InChI is InChI=1S/C38H29IN2O2/c39-21-25-14-19-34(33(20-25)38(43)28-10-2-1-3-11-28)40-35(42)24-41-22-29-17-15-26-8-4-6-12-31(26)36(29)37-30(23-41)18-16-27-9-5-7-13-32(27)37/h1-20H,21-24H2,(H,40,42). The van der Waals surface area contributed by atoms with Crippen molar-refractivity contribution >= 4 is 61.5 Å². The number of nitrogens with one attached hydrogen (secondary N) is 1. The van der Waals surface area contributed by atoms with Gasteiger partial charge in [-0.2, -0.15) is 0 Å². The minimum Gasteiger partial charge on any atom is -0.324 e. The highest BCUT2D eigenvalue weighted by Crippen LogP contribution is 2.42. The second kappa shape index (κ2) is 11.7. The van der Waals surface area contributed by atoms with E-state index in [1.807, 2.05) is 48.5 Å². The molecule has 0 bridgehead atoms. The Morgan fingerprint density at radius 2 is 1.26 bits per heavy atom. The molecular formula is C38H29IN2O2. The lowest BCUT2D eigenvalue weighted by Crippen LogP contribution is -2.32. The van der Waals surface area contributed by atoms with Crippen LogP contribution in [0.25, 0.3) is 32.7 Å². The van der Waals surface area contributed by atoms with E-state index in [9.17, 15) is 9.59 Å². The molecule has 1 N–H and O–H groups in total. The highest BCUT2D eigenvalue weighted by molar-refractivity contribution is 14.1. The molecule has 4 nitrogen and oxygen atoms in total. The zero-order valence-electron chi connectivity index (χ0n) is 23.5. The summed E-state index contributed by atoms with van der Waals surface area (Å²) in [6.45, 7) is 1.48. The predicted octanol–water partition coefficient (Wildman–Crippen LogP) is 8.78. The van der Waals surface area contributed by atoms with Crippen LogP contribution < -0.4 is 5.32 Å². The zero-order valence-corrected chi connectivity index (χ0v) is 25.7. The second-order valence-electron chi connectivity index (χ2n) is 11.0. The third-order valence-electron chi connectivity index (χ3n) is 8.23. The van der Waals surface area contributed by atoms with E-state index in [-0.39, 0.29) is 18.2 Å². The molecule has 0 saturated carbocycles. The number of hydrogen-bond acceptors (Lipinski definition) is 3. The van der Waals surface area contributed by atoms with E-state index < -0.39 is 0 Å². The highest BCUT2D eigenvalue weighted by atomic mass is 127. The number of amides is 1. The Balaban J connectivity index is 1.24. The fraction of sp³-hybridized carbons (Fsp3) is 0.105. The second-order valence-corrected chi connectivity index (χ2v) is 11.8. The van der Waals surface area contributed by atoms with E-state index in [0.717, 1.165) is 9.99 Å². The van der Waals surface area contributed by atoms with Crippen LogP contribution in [0.5, 0.6) is 0 Å². The van der Waals surface area contributed by atoms with Crippen molar-refractivity contribution in [3.05, 3.63) is 149 Å². The SMILES string of the molecule is O=C(CN1Cc2ccc3ccccc3c2-c2c(ccc3ccccc23)C1)Nc1ccc(CI)cc1C(=O)c1ccccc1. The number of carbonyl (C=O) groups excluding carboxylic acids is 2. The summed E-state index contributed by atoms with van der Waals surface area (Å²) in [4.78, 5) is 29.3. The molecular weight excluding hydrogens is 643 g/mol. The molecule has 0 atom stereocenters. The molecule has 0 aliphatic carbocycles. The zero-order chi connectivity index (χ0) is 29.3. The molecule has 1 aliphatic heterocycles. The van der Waals surface area contributed by atoms with Crippen LogP contribution in [0.2, 0.25) is 0 Å². The molecule has 43 heavy (non-hydrogen) atoms. The summed E-state index contributed by atoms with van der Waals surface area (Å²) >= 11 is 2.29. The van der Waals surface area contributed by atoms with Crippen LogP contribution in [0.15, 0.2) is 121 Å². The van der Waals surface area contributed by atoms with Crippen LogP contribution in [-0.2, 0) is 22.3 Å². The van der Waals surface area contributed by atoms with Crippen molar-refractivity contribution in [1.82, 2.24) is 4.90 Å². The van der Waals surface area contributed by atoms with Crippen LogP contribution in [-0.4, -0.2) is 23.1 Å². The van der Waals surface area contributed by atoms with Gasteiger partial charge in [-0.15, -0.1) is 0 Å². The van der Waals surface area contributed by atoms with Gasteiger partial charge in [-0.1, -0.05) is 132 Å². The molecule has 1 heterocycles. The quantitative estimate of drug-likeness (QED) is 0.109. The van der Waals surface area contributed by atoms with Crippen molar-refractivity contribution in [3.63, 3.8) is 0 Å². The van der Waals surface area contributed by atoms with Gasteiger partial charge in [0.05, 0.1) is 12.2 Å². The van der Waals surface area contributed by atoms with Gasteiger partial charge in [-0.3, -0.25) is 14.5 Å². The largest absolute Gasteiger partial charge is 0.324 e. The molecule has 1 aliphatic rings. The van der Waals surface area contributed by atoms with E-state index in [0.29, 0.717) is 29.9 Å². The predicted molar refractivity (Wildman–Crippen MR) is 184 cm³/mol. The van der Waals surface area contributed by atoms with Crippen LogP contribution in [0, 0.1) is 0 Å². The maximum Gasteiger partial charge on any atom is 0.238 e. The number of hydrogen-bond donors (Lipinski definition) is 1. The number of benzene rings is 6. The minimum absolute atomic E-state index is 0.0982. The van der Waals surface area contributed by atoms with Crippen molar-refractivity contribution < 1.29 is 9.59 Å². The van der Waals surface area contributed by atoms with E-state index in [1.54, 1.807) is 0 Å². The van der Waals surface area contributed by atoms with Gasteiger partial charge in [0.25, 0.3) is 0 Å². The normalized spacial score (nSPS) is 12.9. The average molecular weight is 673 g/mol. The number of fused-ring (bicyclic) bond motifs is 7. The molecule has 0 fully saturated rings. The number of anilines is 1. The average Bonchev–Trinajstić information content (AvgIpc) is 3.21. The van der Waals surface area contributed by atoms with Crippen molar-refractivity contribution in [2.45, 2.75) is 17.5 Å². The topological polar surface area (TPSA) is 49.4 Å². The van der Waals surface area contributed by atoms with Crippen molar-refractivity contribution in [2.75, 3.05) is 11.9 Å². The summed E-state index contributed by atoms with van der Waals surface area (Å²) in [5.74, 6) is -0.241. The number of rotatable bonds is 6. The first-order chi connectivity index (χ1) is 21.1. The lowest BCUT2D eigenvalue weighted by atomic mass is 9.88. The fourth-order valence-electron chi connectivity index (χ4n) is 6.25. The van der Waals surface area contributed by atoms with Gasteiger partial charge < -0.3 is 5.32 Å². The molecule has 0 spiro atoms. The summed E-state index contributed by atoms with van der Waals surface area (Å²) in [5, 5.41) is 7.95. The molecule has 0 aromatic heterocycles. The molecule has 1 amide bonds. The molecule has 5 heteroatoms. The minimum atomic E-state index is -0.143. The summed E-state index contributed by atoms with van der Waals surface area (Å²) in [6.07, 6.45) is 0. The van der Waals surface area contributed by atoms with Crippen LogP contribution in [0.4, 0.5) is 5.69 Å². The summed E-state index contributed by atoms with van der Waals surface area (Å²) < 4.78 is 0.775. The van der Waals surface area contributed by atoms with Gasteiger partial charge in [-0.05, 0) is 61.5 Å². The van der Waals surface area contributed by atoms with Gasteiger partial charge in [0.2, 0.25) is 5.91 Å². The first kappa shape index (κ1) is 27.5. The smallest absolute Gasteiger partial charge is 0.238 e. The monoisotopic (exact) mass is 672 g/mol. The number of alkyl halides is 1. The van der Waals surface area contributed by atoms with E-state index in [4.69, 9.17) is 0 Å². The molecule has 0 saturated heterocycles. The Morgan fingerprint density at radius 1 is 0.674 bits per heavy atom. The molecule has 6 aromatic rings. The lowest BCUT2D eigenvalue weighted by Gasteiger charge is -2.21. The van der Waals surface area contributed by atoms with Crippen molar-refractivity contribution in [3.8, 4) is 11.1 Å². The van der Waals surface area contributed by atoms with Gasteiger partial charge >= 0.3 is 0 Å². The van der Waals surface area contributed by atoms with E-state index in [1.165, 1.54) is 43.8 Å². The van der Waals surface area contributed by atoms with Gasteiger partial charge in [0.15, 0.2) is 5.78 Å². The third-order valence-corrected chi connectivity index (χ3v) is 9.11. The molecule has 6 aromatic carbocycles. The van der Waals surface area contributed by atoms with Gasteiger partial charge in [0.1, 0.15) is 0 Å². The maximum absolute atomic E-state index is 13.6. The Hall–Kier alpha value is -4.33. The molecule has 7 rings (SSSR count). The fourth-order valence-corrected chi connectivity index (χ4v) is 6.72. The number of halogens is 1. The number of nitrogens with zero attached hydrogens (tertiary/aromatic N) is 1. The first-order valence-corrected chi connectivity index (χ1v) is 15.9.